The van der Waals surface area contributed by atoms with E-state index >= 15 is 0 Å². The molecule has 2 aromatic heterocycles. The fourth-order valence-electron chi connectivity index (χ4n) is 3.46. The first-order valence-electron chi connectivity index (χ1n) is 9.53. The van der Waals surface area contributed by atoms with E-state index in [9.17, 15) is 0 Å². The maximum atomic E-state index is 5.91. The van der Waals surface area contributed by atoms with Gasteiger partial charge in [0.2, 0.25) is 0 Å². The van der Waals surface area contributed by atoms with Gasteiger partial charge in [0.15, 0.2) is 5.82 Å². The smallest absolute Gasteiger partial charge is 0.256 e. The van der Waals surface area contributed by atoms with Crippen LogP contribution in [0.4, 0.5) is 5.82 Å². The fourth-order valence-corrected chi connectivity index (χ4v) is 3.46. The minimum Gasteiger partial charge on any atom is -0.364 e. The summed E-state index contributed by atoms with van der Waals surface area (Å²) in [5.41, 5.74) is 11.2. The summed E-state index contributed by atoms with van der Waals surface area (Å²) in [4.78, 5) is 4.81. The Kier molecular flexibility index (Phi) is 5.04. The van der Waals surface area contributed by atoms with Crippen molar-refractivity contribution in [3.63, 3.8) is 0 Å². The maximum Gasteiger partial charge on any atom is 0.256 e. The lowest BCUT2D eigenvalue weighted by Crippen LogP contribution is -2.12. The van der Waals surface area contributed by atoms with Crippen molar-refractivity contribution in [2.24, 2.45) is 5.73 Å². The highest BCUT2D eigenvalue weighted by Gasteiger charge is 2.15. The summed E-state index contributed by atoms with van der Waals surface area (Å²) in [5.74, 6) is 1.34. The molecular formula is C22H24N6. The van der Waals surface area contributed by atoms with E-state index in [-0.39, 0.29) is 0 Å². The van der Waals surface area contributed by atoms with Gasteiger partial charge in [-0.05, 0) is 36.6 Å². The Morgan fingerprint density at radius 2 is 1.86 bits per heavy atom. The zero-order valence-corrected chi connectivity index (χ0v) is 16.2. The SMILES string of the molecule is CCc1nnc(-n2c(C)cc3c(CN)cccc32)nc1NCc1ccccc1. The summed E-state index contributed by atoms with van der Waals surface area (Å²) in [6, 6.07) is 18.5. The molecule has 0 fully saturated rings. The Morgan fingerprint density at radius 1 is 1.04 bits per heavy atom. The first kappa shape index (κ1) is 18.1. The summed E-state index contributed by atoms with van der Waals surface area (Å²) in [6.45, 7) is 5.30. The molecule has 0 unspecified atom stereocenters. The van der Waals surface area contributed by atoms with E-state index in [1.54, 1.807) is 0 Å². The third-order valence-corrected chi connectivity index (χ3v) is 4.92. The van der Waals surface area contributed by atoms with E-state index in [0.29, 0.717) is 19.0 Å². The van der Waals surface area contributed by atoms with Crippen molar-refractivity contribution >= 4 is 16.7 Å². The van der Waals surface area contributed by atoms with Crippen molar-refractivity contribution in [1.29, 1.82) is 0 Å². The van der Waals surface area contributed by atoms with Gasteiger partial charge in [-0.25, -0.2) is 0 Å². The molecule has 0 aliphatic heterocycles. The highest BCUT2D eigenvalue weighted by molar-refractivity contribution is 5.86. The fraction of sp³-hybridized carbons (Fsp3) is 0.227. The van der Waals surface area contributed by atoms with Crippen LogP contribution in [0.3, 0.4) is 0 Å². The second kappa shape index (κ2) is 7.78. The van der Waals surface area contributed by atoms with Gasteiger partial charge in [-0.15, -0.1) is 10.2 Å². The van der Waals surface area contributed by atoms with E-state index in [2.05, 4.69) is 59.7 Å². The second-order valence-electron chi connectivity index (χ2n) is 6.78. The average Bonchev–Trinajstić information content (AvgIpc) is 3.08. The maximum absolute atomic E-state index is 5.91. The normalized spacial score (nSPS) is 11.1. The van der Waals surface area contributed by atoms with E-state index in [0.717, 1.165) is 40.1 Å². The van der Waals surface area contributed by atoms with Crippen molar-refractivity contribution in [3.8, 4) is 5.95 Å². The van der Waals surface area contributed by atoms with E-state index < -0.39 is 0 Å². The van der Waals surface area contributed by atoms with Gasteiger partial charge < -0.3 is 11.1 Å². The molecule has 0 spiro atoms. The number of fused-ring (bicyclic) bond motifs is 1. The molecule has 0 aliphatic carbocycles. The summed E-state index contributed by atoms with van der Waals surface area (Å²) in [5, 5.41) is 13.4. The van der Waals surface area contributed by atoms with Gasteiger partial charge in [-0.2, -0.15) is 4.98 Å². The van der Waals surface area contributed by atoms with Crippen molar-refractivity contribution < 1.29 is 0 Å². The molecule has 2 aromatic carbocycles. The second-order valence-corrected chi connectivity index (χ2v) is 6.78. The Balaban J connectivity index is 1.75. The lowest BCUT2D eigenvalue weighted by atomic mass is 10.1. The molecule has 6 nitrogen and oxygen atoms in total. The molecular weight excluding hydrogens is 348 g/mol. The summed E-state index contributed by atoms with van der Waals surface area (Å²) >= 11 is 0. The molecule has 0 atom stereocenters. The van der Waals surface area contributed by atoms with Crippen LogP contribution < -0.4 is 11.1 Å². The van der Waals surface area contributed by atoms with Crippen LogP contribution >= 0.6 is 0 Å². The van der Waals surface area contributed by atoms with Gasteiger partial charge in [0.05, 0.1) is 5.52 Å². The molecule has 3 N–H and O–H groups in total. The molecule has 0 bridgehead atoms. The lowest BCUT2D eigenvalue weighted by molar-refractivity contribution is 0.813. The van der Waals surface area contributed by atoms with E-state index in [1.807, 2.05) is 28.8 Å². The number of hydrogen-bond acceptors (Lipinski definition) is 5. The number of rotatable bonds is 6. The van der Waals surface area contributed by atoms with Crippen LogP contribution in [0.1, 0.15) is 29.4 Å². The Hall–Kier alpha value is -3.25. The highest BCUT2D eigenvalue weighted by atomic mass is 15.3. The molecule has 0 saturated carbocycles. The minimum absolute atomic E-state index is 0.499. The lowest BCUT2D eigenvalue weighted by Gasteiger charge is -2.12. The van der Waals surface area contributed by atoms with Crippen molar-refractivity contribution in [2.45, 2.75) is 33.4 Å². The molecule has 0 amide bonds. The Labute approximate surface area is 164 Å². The van der Waals surface area contributed by atoms with Crippen LogP contribution in [0.5, 0.6) is 0 Å². The molecule has 0 aliphatic rings. The zero-order valence-electron chi connectivity index (χ0n) is 16.2. The summed E-state index contributed by atoms with van der Waals surface area (Å²) in [7, 11) is 0. The zero-order chi connectivity index (χ0) is 19.5. The van der Waals surface area contributed by atoms with Crippen LogP contribution in [0, 0.1) is 6.92 Å². The third kappa shape index (κ3) is 3.34. The number of hydrogen-bond donors (Lipinski definition) is 2. The summed E-state index contributed by atoms with van der Waals surface area (Å²) in [6.07, 6.45) is 0.764. The van der Waals surface area contributed by atoms with Crippen LogP contribution in [0.2, 0.25) is 0 Å². The van der Waals surface area contributed by atoms with Gasteiger partial charge >= 0.3 is 0 Å². The number of nitrogens with one attached hydrogen (secondary N) is 1. The first-order valence-corrected chi connectivity index (χ1v) is 9.53. The van der Waals surface area contributed by atoms with Gasteiger partial charge in [0, 0.05) is 24.2 Å². The van der Waals surface area contributed by atoms with Gasteiger partial charge in [-0.1, -0.05) is 49.4 Å². The summed E-state index contributed by atoms with van der Waals surface area (Å²) < 4.78 is 2.04. The molecule has 4 rings (SSSR count). The topological polar surface area (TPSA) is 81.7 Å². The number of benzene rings is 2. The number of aromatic nitrogens is 4. The predicted molar refractivity (Wildman–Crippen MR) is 112 cm³/mol. The van der Waals surface area contributed by atoms with Crippen LogP contribution in [-0.4, -0.2) is 19.7 Å². The molecule has 28 heavy (non-hydrogen) atoms. The number of anilines is 1. The molecule has 2 heterocycles. The number of aryl methyl sites for hydroxylation is 2. The van der Waals surface area contributed by atoms with Gasteiger partial charge in [0.1, 0.15) is 5.69 Å². The van der Waals surface area contributed by atoms with Crippen molar-refractivity contribution in [3.05, 3.63) is 77.1 Å². The number of nitrogens with two attached hydrogens (primary N) is 1. The van der Waals surface area contributed by atoms with Gasteiger partial charge in [-0.3, -0.25) is 4.57 Å². The molecule has 0 saturated heterocycles. The van der Waals surface area contributed by atoms with Crippen LogP contribution in [-0.2, 0) is 19.5 Å². The molecule has 4 aromatic rings. The minimum atomic E-state index is 0.499. The Morgan fingerprint density at radius 3 is 2.61 bits per heavy atom. The van der Waals surface area contributed by atoms with Crippen LogP contribution in [0.15, 0.2) is 54.6 Å². The standard InChI is InChI=1S/C22H24N6/c1-3-19-21(24-14-16-8-5-4-6-9-16)25-22(27-26-19)28-15(2)12-18-17(13-23)10-7-11-20(18)28/h4-12H,3,13-14,23H2,1-2H3,(H,24,25,27). The molecule has 0 radical (unpaired) electrons. The molecule has 6 heteroatoms. The van der Waals surface area contributed by atoms with Crippen molar-refractivity contribution in [1.82, 2.24) is 19.7 Å². The quantitative estimate of drug-likeness (QED) is 0.539. The predicted octanol–water partition coefficient (Wildman–Crippen LogP) is 3.76. The third-order valence-electron chi connectivity index (χ3n) is 4.92. The van der Waals surface area contributed by atoms with E-state index in [1.165, 1.54) is 5.56 Å². The average molecular weight is 372 g/mol. The van der Waals surface area contributed by atoms with Crippen molar-refractivity contribution in [2.75, 3.05) is 5.32 Å². The Bertz CT molecular complexity index is 1100. The number of nitrogens with zero attached hydrogens (tertiary/aromatic N) is 4. The van der Waals surface area contributed by atoms with Crippen LogP contribution in [0.25, 0.3) is 16.9 Å². The molecule has 142 valence electrons. The van der Waals surface area contributed by atoms with E-state index in [4.69, 9.17) is 10.7 Å². The monoisotopic (exact) mass is 372 g/mol. The van der Waals surface area contributed by atoms with Gasteiger partial charge in [0.25, 0.3) is 5.95 Å². The largest absolute Gasteiger partial charge is 0.364 e. The highest BCUT2D eigenvalue weighted by Crippen LogP contribution is 2.26. The first-order chi connectivity index (χ1) is 13.7.